The number of carbonyl (C=O) groups excluding carboxylic acids is 3. The Labute approximate surface area is 208 Å². The van der Waals surface area contributed by atoms with Crippen molar-refractivity contribution in [2.45, 2.75) is 13.0 Å². The van der Waals surface area contributed by atoms with Gasteiger partial charge in [-0.15, -0.1) is 0 Å². The molecule has 8 nitrogen and oxygen atoms in total. The Morgan fingerprint density at radius 2 is 1.61 bits per heavy atom. The Bertz CT molecular complexity index is 1330. The van der Waals surface area contributed by atoms with E-state index in [1.807, 2.05) is 0 Å². The van der Waals surface area contributed by atoms with E-state index in [1.54, 1.807) is 67.6 Å². The van der Waals surface area contributed by atoms with Crippen LogP contribution >= 0.6 is 0 Å². The lowest BCUT2D eigenvalue weighted by Gasteiger charge is -2.27. The molecular weight excluding hydrogens is 462 g/mol. The molecule has 1 unspecified atom stereocenters. The summed E-state index contributed by atoms with van der Waals surface area (Å²) in [4.78, 5) is 40.1. The van der Waals surface area contributed by atoms with Gasteiger partial charge in [-0.2, -0.15) is 0 Å². The summed E-state index contributed by atoms with van der Waals surface area (Å²) in [6.45, 7) is 1.94. The van der Waals surface area contributed by atoms with Gasteiger partial charge < -0.3 is 19.3 Å². The van der Waals surface area contributed by atoms with Gasteiger partial charge in [-0.05, 0) is 43.3 Å². The molecule has 3 aromatic carbocycles. The number of nitrogens with zero attached hydrogens (tertiary/aromatic N) is 1. The maximum Gasteiger partial charge on any atom is 0.338 e. The second-order valence-corrected chi connectivity index (χ2v) is 7.91. The molecule has 1 fully saturated rings. The number of hydrogen-bond acceptors (Lipinski definition) is 7. The standard InChI is InChI=1S/C28H25NO7/c1-4-36-28(33)18-10-12-19(13-11-18)29-24(21-15-14-20(34-2)16-22(21)35-3)23(26(31)27(29)32)25(30)17-8-6-5-7-9-17/h5-16,24,30H,4H2,1-3H3/b25-23+. The first-order chi connectivity index (χ1) is 17.4. The van der Waals surface area contributed by atoms with Crippen molar-refractivity contribution in [3.05, 3.63) is 95.1 Å². The maximum absolute atomic E-state index is 13.4. The third-order valence-corrected chi connectivity index (χ3v) is 5.88. The molecule has 1 aliphatic rings. The first-order valence-electron chi connectivity index (χ1n) is 11.3. The van der Waals surface area contributed by atoms with Crippen LogP contribution in [0.2, 0.25) is 0 Å². The molecule has 4 rings (SSSR count). The number of ketones is 1. The van der Waals surface area contributed by atoms with Crippen molar-refractivity contribution >= 4 is 29.1 Å². The highest BCUT2D eigenvalue weighted by atomic mass is 16.5. The SMILES string of the molecule is CCOC(=O)c1ccc(N2C(=O)C(=O)/C(=C(/O)c3ccccc3)C2c2ccc(OC)cc2OC)cc1. The molecule has 1 atom stereocenters. The van der Waals surface area contributed by atoms with Crippen LogP contribution < -0.4 is 14.4 Å². The fourth-order valence-corrected chi connectivity index (χ4v) is 4.16. The number of methoxy groups -OCH3 is 2. The summed E-state index contributed by atoms with van der Waals surface area (Å²) in [5, 5.41) is 11.2. The normalized spacial score (nSPS) is 16.6. The lowest BCUT2D eigenvalue weighted by atomic mass is 9.94. The maximum atomic E-state index is 13.4. The minimum Gasteiger partial charge on any atom is -0.507 e. The highest BCUT2D eigenvalue weighted by molar-refractivity contribution is 6.51. The minimum absolute atomic E-state index is 0.0795. The van der Waals surface area contributed by atoms with Crippen LogP contribution in [-0.2, 0) is 14.3 Å². The number of esters is 1. The van der Waals surface area contributed by atoms with Crippen LogP contribution in [0.5, 0.6) is 11.5 Å². The fourth-order valence-electron chi connectivity index (χ4n) is 4.16. The van der Waals surface area contributed by atoms with Gasteiger partial charge in [0.1, 0.15) is 17.3 Å². The second kappa shape index (κ2) is 10.4. The van der Waals surface area contributed by atoms with Gasteiger partial charge >= 0.3 is 5.97 Å². The van der Waals surface area contributed by atoms with E-state index in [9.17, 15) is 19.5 Å². The Morgan fingerprint density at radius 3 is 2.22 bits per heavy atom. The zero-order valence-electron chi connectivity index (χ0n) is 20.1. The van der Waals surface area contributed by atoms with E-state index in [1.165, 1.54) is 31.3 Å². The third kappa shape index (κ3) is 4.40. The highest BCUT2D eigenvalue weighted by Gasteiger charge is 2.48. The highest BCUT2D eigenvalue weighted by Crippen LogP contribution is 2.45. The summed E-state index contributed by atoms with van der Waals surface area (Å²) in [5.41, 5.74) is 1.46. The van der Waals surface area contributed by atoms with Crippen molar-refractivity contribution in [2.24, 2.45) is 0 Å². The number of carbonyl (C=O) groups is 3. The molecule has 0 aliphatic carbocycles. The number of aliphatic hydroxyl groups is 1. The van der Waals surface area contributed by atoms with Crippen molar-refractivity contribution in [3.63, 3.8) is 0 Å². The van der Waals surface area contributed by atoms with Crippen LogP contribution in [0.15, 0.2) is 78.4 Å². The second-order valence-electron chi connectivity index (χ2n) is 7.91. The number of rotatable bonds is 7. The fraction of sp³-hybridized carbons (Fsp3) is 0.179. The molecule has 184 valence electrons. The van der Waals surface area contributed by atoms with Gasteiger partial charge in [-0.1, -0.05) is 30.3 Å². The Balaban J connectivity index is 1.91. The molecule has 36 heavy (non-hydrogen) atoms. The minimum atomic E-state index is -1.00. The van der Waals surface area contributed by atoms with Gasteiger partial charge in [-0.3, -0.25) is 14.5 Å². The van der Waals surface area contributed by atoms with Crippen molar-refractivity contribution in [1.29, 1.82) is 0 Å². The molecule has 3 aromatic rings. The van der Waals surface area contributed by atoms with Gasteiger partial charge in [0.05, 0.1) is 38.0 Å². The molecule has 0 radical (unpaired) electrons. The van der Waals surface area contributed by atoms with Crippen LogP contribution in [0.1, 0.15) is 34.5 Å². The van der Waals surface area contributed by atoms with Crippen molar-refractivity contribution in [1.82, 2.24) is 0 Å². The first kappa shape index (κ1) is 24.5. The van der Waals surface area contributed by atoms with Crippen LogP contribution in [0, 0.1) is 0 Å². The van der Waals surface area contributed by atoms with Crippen LogP contribution in [-0.4, -0.2) is 43.6 Å². The summed E-state index contributed by atoms with van der Waals surface area (Å²) in [7, 11) is 2.98. The topological polar surface area (TPSA) is 102 Å². The number of hydrogen-bond donors (Lipinski definition) is 1. The van der Waals surface area contributed by atoms with Gasteiger partial charge in [0, 0.05) is 22.9 Å². The van der Waals surface area contributed by atoms with Gasteiger partial charge in [0.15, 0.2) is 0 Å². The van der Waals surface area contributed by atoms with Gasteiger partial charge in [0.25, 0.3) is 11.7 Å². The van der Waals surface area contributed by atoms with E-state index < -0.39 is 23.7 Å². The van der Waals surface area contributed by atoms with Crippen LogP contribution in [0.3, 0.4) is 0 Å². The average Bonchev–Trinajstić information content (AvgIpc) is 3.18. The molecule has 0 bridgehead atoms. The molecule has 0 aromatic heterocycles. The van der Waals surface area contributed by atoms with Gasteiger partial charge in [0.2, 0.25) is 0 Å². The molecule has 1 amide bonds. The van der Waals surface area contributed by atoms with E-state index in [0.717, 1.165) is 0 Å². The van der Waals surface area contributed by atoms with Gasteiger partial charge in [-0.25, -0.2) is 4.79 Å². The molecule has 1 aliphatic heterocycles. The summed E-state index contributed by atoms with van der Waals surface area (Å²) < 4.78 is 15.9. The van der Waals surface area contributed by atoms with Crippen molar-refractivity contribution in [3.8, 4) is 11.5 Å². The Hall–Kier alpha value is -4.59. The van der Waals surface area contributed by atoms with E-state index in [0.29, 0.717) is 33.9 Å². The zero-order chi connectivity index (χ0) is 25.8. The number of amides is 1. The predicted octanol–water partition coefficient (Wildman–Crippen LogP) is 4.51. The first-order valence-corrected chi connectivity index (χ1v) is 11.3. The summed E-state index contributed by atoms with van der Waals surface area (Å²) >= 11 is 0. The van der Waals surface area contributed by atoms with E-state index in [-0.39, 0.29) is 17.9 Å². The van der Waals surface area contributed by atoms with Crippen molar-refractivity contribution < 1.29 is 33.7 Å². The lowest BCUT2D eigenvalue weighted by Crippen LogP contribution is -2.29. The molecule has 8 heteroatoms. The average molecular weight is 488 g/mol. The van der Waals surface area contributed by atoms with E-state index in [4.69, 9.17) is 14.2 Å². The number of ether oxygens (including phenoxy) is 3. The van der Waals surface area contributed by atoms with E-state index >= 15 is 0 Å². The molecule has 1 saturated heterocycles. The summed E-state index contributed by atoms with van der Waals surface area (Å²) in [5.74, 6) is -1.57. The molecule has 0 saturated carbocycles. The number of Topliss-reactive ketones (excluding diaryl/α,β-unsaturated/α-hetero) is 1. The zero-order valence-corrected chi connectivity index (χ0v) is 20.1. The van der Waals surface area contributed by atoms with E-state index in [2.05, 4.69) is 0 Å². The molecule has 1 heterocycles. The molecule has 0 spiro atoms. The lowest BCUT2D eigenvalue weighted by molar-refractivity contribution is -0.132. The predicted molar refractivity (Wildman–Crippen MR) is 133 cm³/mol. The number of anilines is 1. The van der Waals surface area contributed by atoms with Crippen LogP contribution in [0.4, 0.5) is 5.69 Å². The number of benzene rings is 3. The van der Waals surface area contributed by atoms with Crippen LogP contribution in [0.25, 0.3) is 5.76 Å². The largest absolute Gasteiger partial charge is 0.507 e. The summed E-state index contributed by atoms with van der Waals surface area (Å²) in [6.07, 6.45) is 0. The molecular formula is C28H25NO7. The third-order valence-electron chi connectivity index (χ3n) is 5.88. The monoisotopic (exact) mass is 487 g/mol. The molecule has 1 N–H and O–H groups in total. The van der Waals surface area contributed by atoms with Crippen molar-refractivity contribution in [2.75, 3.05) is 25.7 Å². The Morgan fingerprint density at radius 1 is 0.917 bits per heavy atom. The smallest absolute Gasteiger partial charge is 0.338 e. The number of aliphatic hydroxyl groups excluding tert-OH is 1. The summed E-state index contributed by atoms with van der Waals surface area (Å²) in [6, 6.07) is 18.7. The quantitative estimate of drug-likeness (QED) is 0.226. The Kier molecular flexibility index (Phi) is 7.05.